The van der Waals surface area contributed by atoms with Crippen molar-refractivity contribution in [1.29, 1.82) is 0 Å². The SMILES string of the molecule is Nc1ccc(C2=NC(F)=C([C@@H]3[C@H]4C[C@H]4c4cc(-c5cc(Cl)ccc5-n5cnnn5)cc(=O)n43)C2)c(F)n1. The van der Waals surface area contributed by atoms with E-state index in [1.807, 2.05) is 6.07 Å². The maximum atomic E-state index is 15.2. The van der Waals surface area contributed by atoms with Crippen LogP contribution in [0, 0.1) is 11.9 Å². The minimum atomic E-state index is -0.800. The molecular weight excluding hydrogens is 502 g/mol. The zero-order chi connectivity index (χ0) is 25.4. The molecule has 1 aromatic carbocycles. The Hall–Kier alpha value is -4.25. The number of rotatable bonds is 4. The highest BCUT2D eigenvalue weighted by Gasteiger charge is 2.55. The summed E-state index contributed by atoms with van der Waals surface area (Å²) in [7, 11) is 0. The summed E-state index contributed by atoms with van der Waals surface area (Å²) in [6.45, 7) is 0. The topological polar surface area (TPSA) is 117 Å². The summed E-state index contributed by atoms with van der Waals surface area (Å²) in [6.07, 6.45) is 2.38. The van der Waals surface area contributed by atoms with Crippen LogP contribution in [0.5, 0.6) is 0 Å². The molecule has 12 heteroatoms. The van der Waals surface area contributed by atoms with Crippen molar-refractivity contribution in [3.63, 3.8) is 0 Å². The molecule has 9 nitrogen and oxygen atoms in total. The van der Waals surface area contributed by atoms with Crippen LogP contribution in [0.3, 0.4) is 0 Å². The van der Waals surface area contributed by atoms with Crippen molar-refractivity contribution in [1.82, 2.24) is 29.8 Å². The fourth-order valence-electron chi connectivity index (χ4n) is 5.59. The molecule has 0 unspecified atom stereocenters. The zero-order valence-corrected chi connectivity index (χ0v) is 19.8. The number of nitrogens with zero attached hydrogens (tertiary/aromatic N) is 7. The predicted octanol–water partition coefficient (Wildman–Crippen LogP) is 3.99. The number of hydrogen-bond donors (Lipinski definition) is 1. The molecule has 4 aromatic rings. The molecule has 3 aliphatic rings. The molecule has 2 aliphatic heterocycles. The number of aliphatic imine (C=N–C) groups is 1. The maximum absolute atomic E-state index is 15.2. The van der Waals surface area contributed by atoms with Gasteiger partial charge in [-0.15, -0.1) is 5.10 Å². The zero-order valence-electron chi connectivity index (χ0n) is 19.0. The first-order valence-corrected chi connectivity index (χ1v) is 11.9. The van der Waals surface area contributed by atoms with Gasteiger partial charge in [0.25, 0.3) is 5.56 Å². The van der Waals surface area contributed by atoms with Gasteiger partial charge in [0.15, 0.2) is 0 Å². The fourth-order valence-corrected chi connectivity index (χ4v) is 5.76. The average Bonchev–Trinajstić information content (AvgIpc) is 3.16. The summed E-state index contributed by atoms with van der Waals surface area (Å²) >= 11 is 6.29. The quantitative estimate of drug-likeness (QED) is 0.322. The number of anilines is 1. The number of aromatic nitrogens is 6. The van der Waals surface area contributed by atoms with Crippen molar-refractivity contribution < 1.29 is 8.78 Å². The van der Waals surface area contributed by atoms with Crippen molar-refractivity contribution in [2.45, 2.75) is 24.8 Å². The van der Waals surface area contributed by atoms with Crippen LogP contribution in [0.15, 0.2) is 70.1 Å². The van der Waals surface area contributed by atoms with E-state index in [-0.39, 0.29) is 40.9 Å². The normalized spacial score (nSPS) is 21.7. The molecular formula is C25H17ClF2N8O. The Labute approximate surface area is 212 Å². The van der Waals surface area contributed by atoms with Gasteiger partial charge in [-0.05, 0) is 64.7 Å². The van der Waals surface area contributed by atoms with E-state index in [0.29, 0.717) is 27.4 Å². The second-order valence-corrected chi connectivity index (χ2v) is 9.81. The van der Waals surface area contributed by atoms with Crippen LogP contribution in [0.1, 0.15) is 36.1 Å². The van der Waals surface area contributed by atoms with Gasteiger partial charge in [-0.1, -0.05) is 11.6 Å². The minimum Gasteiger partial charge on any atom is -0.384 e. The lowest BCUT2D eigenvalue weighted by atomic mass is 9.97. The van der Waals surface area contributed by atoms with Crippen molar-refractivity contribution in [2.24, 2.45) is 10.9 Å². The molecule has 1 saturated carbocycles. The number of nitrogen functional groups attached to an aromatic ring is 1. The Morgan fingerprint density at radius 3 is 2.73 bits per heavy atom. The molecule has 1 fully saturated rings. The lowest BCUT2D eigenvalue weighted by molar-refractivity contribution is 0.497. The second kappa shape index (κ2) is 7.87. The van der Waals surface area contributed by atoms with Crippen LogP contribution in [0.25, 0.3) is 16.8 Å². The molecule has 7 rings (SSSR count). The van der Waals surface area contributed by atoms with Crippen LogP contribution < -0.4 is 11.3 Å². The third-order valence-electron chi connectivity index (χ3n) is 7.26. The van der Waals surface area contributed by atoms with Gasteiger partial charge in [-0.25, -0.2) is 9.98 Å². The average molecular weight is 519 g/mol. The first-order chi connectivity index (χ1) is 17.9. The molecule has 0 bridgehead atoms. The summed E-state index contributed by atoms with van der Waals surface area (Å²) < 4.78 is 32.7. The fraction of sp³-hybridized carbons (Fsp3) is 0.200. The molecule has 0 radical (unpaired) electrons. The summed E-state index contributed by atoms with van der Waals surface area (Å²) in [5, 5.41) is 11.9. The number of hydrogen-bond acceptors (Lipinski definition) is 7. The van der Waals surface area contributed by atoms with Crippen molar-refractivity contribution >= 4 is 23.1 Å². The van der Waals surface area contributed by atoms with Gasteiger partial charge in [-0.3, -0.25) is 4.79 Å². The summed E-state index contributed by atoms with van der Waals surface area (Å²) in [5.74, 6) is -1.25. The third kappa shape index (κ3) is 3.41. The molecule has 184 valence electrons. The molecule has 5 heterocycles. The Kier molecular flexibility index (Phi) is 4.68. The van der Waals surface area contributed by atoms with Gasteiger partial charge in [-0.2, -0.15) is 13.5 Å². The Balaban J connectivity index is 1.28. The van der Waals surface area contributed by atoms with E-state index in [0.717, 1.165) is 12.1 Å². The molecule has 1 aliphatic carbocycles. The largest absolute Gasteiger partial charge is 0.384 e. The summed E-state index contributed by atoms with van der Waals surface area (Å²) in [5.41, 5.74) is 8.86. The smallest absolute Gasteiger partial charge is 0.251 e. The minimum absolute atomic E-state index is 0.0318. The van der Waals surface area contributed by atoms with Crippen LogP contribution in [-0.2, 0) is 0 Å². The first-order valence-electron chi connectivity index (χ1n) is 11.6. The van der Waals surface area contributed by atoms with Crippen molar-refractivity contribution in [2.75, 3.05) is 5.73 Å². The highest BCUT2D eigenvalue weighted by Crippen LogP contribution is 2.62. The van der Waals surface area contributed by atoms with E-state index in [9.17, 15) is 9.18 Å². The Bertz CT molecular complexity index is 1730. The summed E-state index contributed by atoms with van der Waals surface area (Å²) in [4.78, 5) is 21.1. The number of benzene rings is 1. The van der Waals surface area contributed by atoms with E-state index in [4.69, 9.17) is 17.3 Å². The van der Waals surface area contributed by atoms with E-state index >= 15 is 4.39 Å². The number of halogens is 3. The Morgan fingerprint density at radius 2 is 1.95 bits per heavy atom. The summed E-state index contributed by atoms with van der Waals surface area (Å²) in [6, 6.07) is 11.1. The highest BCUT2D eigenvalue weighted by molar-refractivity contribution is 6.31. The molecule has 2 N–H and O–H groups in total. The number of tetrazole rings is 1. The van der Waals surface area contributed by atoms with E-state index in [2.05, 4.69) is 25.5 Å². The van der Waals surface area contributed by atoms with E-state index in [1.165, 1.54) is 29.2 Å². The van der Waals surface area contributed by atoms with Gasteiger partial charge in [0, 0.05) is 40.3 Å². The number of nitrogens with two attached hydrogens (primary N) is 1. The first kappa shape index (κ1) is 22.0. The number of fused-ring (bicyclic) bond motifs is 3. The van der Waals surface area contributed by atoms with Crippen LogP contribution >= 0.6 is 11.6 Å². The van der Waals surface area contributed by atoms with Crippen LogP contribution in [-0.4, -0.2) is 35.5 Å². The maximum Gasteiger partial charge on any atom is 0.251 e. The van der Waals surface area contributed by atoms with E-state index in [1.54, 1.807) is 22.8 Å². The molecule has 0 amide bonds. The third-order valence-corrected chi connectivity index (χ3v) is 7.50. The lowest BCUT2D eigenvalue weighted by Gasteiger charge is -2.20. The standard InChI is InChI=1S/C25H17ClF2N8O/c26-12-1-3-19(35-10-30-33-34-35)14(7-12)11-5-20-15-8-16(15)23(36(20)22(37)6-11)17-9-18(31-25(17)28)13-2-4-21(29)32-24(13)27/h1-7,10,15-16,23H,8-9H2,(H2,29,32)/t15-,16+,23+/m1/s1. The number of pyridine rings is 2. The monoisotopic (exact) mass is 518 g/mol. The Morgan fingerprint density at radius 1 is 1.08 bits per heavy atom. The van der Waals surface area contributed by atoms with Crippen LogP contribution in [0.2, 0.25) is 5.02 Å². The molecule has 0 spiro atoms. The van der Waals surface area contributed by atoms with Crippen molar-refractivity contribution in [3.8, 4) is 16.8 Å². The van der Waals surface area contributed by atoms with Gasteiger partial charge < -0.3 is 10.3 Å². The van der Waals surface area contributed by atoms with Gasteiger partial charge in [0.05, 0.1) is 23.0 Å². The van der Waals surface area contributed by atoms with Gasteiger partial charge in [0.1, 0.15) is 12.1 Å². The van der Waals surface area contributed by atoms with Crippen LogP contribution in [0.4, 0.5) is 14.6 Å². The number of allylic oxidation sites excluding steroid dienone is 1. The van der Waals surface area contributed by atoms with Gasteiger partial charge >= 0.3 is 0 Å². The highest BCUT2D eigenvalue weighted by atomic mass is 35.5. The molecule has 37 heavy (non-hydrogen) atoms. The van der Waals surface area contributed by atoms with Crippen molar-refractivity contribution in [3.05, 3.63) is 92.9 Å². The molecule has 3 aromatic heterocycles. The second-order valence-electron chi connectivity index (χ2n) is 9.37. The molecule has 0 saturated heterocycles. The molecule has 3 atom stereocenters. The van der Waals surface area contributed by atoms with Gasteiger partial charge in [0.2, 0.25) is 11.9 Å². The lowest BCUT2D eigenvalue weighted by Crippen LogP contribution is -2.26. The van der Waals surface area contributed by atoms with E-state index < -0.39 is 17.9 Å². The predicted molar refractivity (Wildman–Crippen MR) is 132 cm³/mol.